The molecule has 19 heavy (non-hydrogen) atoms. The minimum atomic E-state index is -0.282. The van der Waals surface area contributed by atoms with E-state index in [2.05, 4.69) is 71.5 Å². The second kappa shape index (κ2) is 5.15. The number of hydrogen-bond donors (Lipinski definition) is 1. The van der Waals surface area contributed by atoms with Crippen molar-refractivity contribution in [2.24, 2.45) is 0 Å². The first kappa shape index (κ1) is 15.0. The van der Waals surface area contributed by atoms with Gasteiger partial charge in [0.1, 0.15) is 0 Å². The van der Waals surface area contributed by atoms with E-state index in [1.165, 1.54) is 5.56 Å². The Morgan fingerprint density at radius 1 is 1.05 bits per heavy atom. The van der Waals surface area contributed by atoms with Crippen LogP contribution in [0.25, 0.3) is 0 Å². The average Bonchev–Trinajstić information content (AvgIpc) is 2.48. The molecule has 1 aromatic carbocycles. The molecule has 1 atom stereocenters. The maximum atomic E-state index is 6.03. The van der Waals surface area contributed by atoms with Crippen LogP contribution in [0.4, 0.5) is 0 Å². The van der Waals surface area contributed by atoms with Crippen molar-refractivity contribution in [1.82, 2.24) is 0 Å². The van der Waals surface area contributed by atoms with E-state index >= 15 is 0 Å². The Hall–Kier alpha value is -0.445. The SMILES string of the molecule is CC(S)Cc1ccc(B2OC(C)(C)C(C)(C)O2)cc1. The third-order valence-corrected chi connectivity index (χ3v) is 4.22. The molecule has 1 aliphatic rings. The van der Waals surface area contributed by atoms with E-state index in [-0.39, 0.29) is 18.3 Å². The zero-order chi connectivity index (χ0) is 14.3. The third-order valence-electron chi connectivity index (χ3n) is 4.04. The lowest BCUT2D eigenvalue weighted by Gasteiger charge is -2.32. The largest absolute Gasteiger partial charge is 0.494 e. The Morgan fingerprint density at radius 3 is 1.95 bits per heavy atom. The molecule has 2 rings (SSSR count). The predicted octanol–water partition coefficient (Wildman–Crippen LogP) is 2.85. The van der Waals surface area contributed by atoms with Crippen molar-refractivity contribution in [2.75, 3.05) is 0 Å². The monoisotopic (exact) mass is 278 g/mol. The number of benzene rings is 1. The van der Waals surface area contributed by atoms with E-state index in [4.69, 9.17) is 9.31 Å². The lowest BCUT2D eigenvalue weighted by molar-refractivity contribution is 0.00578. The first-order valence-electron chi connectivity index (χ1n) is 6.84. The van der Waals surface area contributed by atoms with Gasteiger partial charge in [-0.25, -0.2) is 0 Å². The Morgan fingerprint density at radius 2 is 1.53 bits per heavy atom. The fourth-order valence-corrected chi connectivity index (χ4v) is 2.34. The lowest BCUT2D eigenvalue weighted by atomic mass is 9.79. The van der Waals surface area contributed by atoms with Gasteiger partial charge in [0.25, 0.3) is 0 Å². The van der Waals surface area contributed by atoms with Gasteiger partial charge in [0.05, 0.1) is 11.2 Å². The molecule has 1 fully saturated rings. The predicted molar refractivity (Wildman–Crippen MR) is 84.3 cm³/mol. The highest BCUT2D eigenvalue weighted by Crippen LogP contribution is 2.36. The van der Waals surface area contributed by atoms with Crippen molar-refractivity contribution in [2.45, 2.75) is 57.5 Å². The number of thiol groups is 1. The zero-order valence-electron chi connectivity index (χ0n) is 12.4. The van der Waals surface area contributed by atoms with Crippen LogP contribution in [0.1, 0.15) is 40.2 Å². The van der Waals surface area contributed by atoms with Crippen molar-refractivity contribution in [3.8, 4) is 0 Å². The summed E-state index contributed by atoms with van der Waals surface area (Å²) in [4.78, 5) is 0. The second-order valence-electron chi connectivity index (χ2n) is 6.38. The molecule has 1 aliphatic heterocycles. The summed E-state index contributed by atoms with van der Waals surface area (Å²) in [5, 5.41) is 0.377. The van der Waals surface area contributed by atoms with E-state index in [0.717, 1.165) is 11.9 Å². The lowest BCUT2D eigenvalue weighted by Crippen LogP contribution is -2.41. The smallest absolute Gasteiger partial charge is 0.399 e. The van der Waals surface area contributed by atoms with Crippen LogP contribution in [0.5, 0.6) is 0 Å². The van der Waals surface area contributed by atoms with Gasteiger partial charge >= 0.3 is 7.12 Å². The van der Waals surface area contributed by atoms with Crippen molar-refractivity contribution in [3.63, 3.8) is 0 Å². The van der Waals surface area contributed by atoms with Crippen molar-refractivity contribution in [3.05, 3.63) is 29.8 Å². The van der Waals surface area contributed by atoms with Gasteiger partial charge in [-0.05, 0) is 45.1 Å². The van der Waals surface area contributed by atoms with E-state index in [9.17, 15) is 0 Å². The van der Waals surface area contributed by atoms with Crippen LogP contribution < -0.4 is 5.46 Å². The Labute approximate surface area is 122 Å². The summed E-state index contributed by atoms with van der Waals surface area (Å²) in [6.07, 6.45) is 0.979. The maximum absolute atomic E-state index is 6.03. The molecule has 0 N–H and O–H groups in total. The zero-order valence-corrected chi connectivity index (χ0v) is 13.3. The van der Waals surface area contributed by atoms with Gasteiger partial charge in [-0.1, -0.05) is 31.2 Å². The van der Waals surface area contributed by atoms with Gasteiger partial charge in [0, 0.05) is 5.25 Å². The van der Waals surface area contributed by atoms with Crippen LogP contribution in [-0.2, 0) is 15.7 Å². The van der Waals surface area contributed by atoms with Crippen LogP contribution in [0, 0.1) is 0 Å². The van der Waals surface area contributed by atoms with Gasteiger partial charge in [0.2, 0.25) is 0 Å². The molecular weight excluding hydrogens is 255 g/mol. The van der Waals surface area contributed by atoms with Crippen LogP contribution in [0.2, 0.25) is 0 Å². The summed E-state index contributed by atoms with van der Waals surface area (Å²) in [6.45, 7) is 10.4. The quantitative estimate of drug-likeness (QED) is 0.677. The van der Waals surface area contributed by atoms with E-state index in [1.54, 1.807) is 0 Å². The molecule has 1 aromatic rings. The van der Waals surface area contributed by atoms with Crippen molar-refractivity contribution >= 4 is 25.2 Å². The molecule has 0 saturated carbocycles. The summed E-state index contributed by atoms with van der Waals surface area (Å²) in [5.74, 6) is 0. The average molecular weight is 278 g/mol. The van der Waals surface area contributed by atoms with Gasteiger partial charge in [-0.15, -0.1) is 0 Å². The molecule has 0 radical (unpaired) electrons. The molecule has 104 valence electrons. The molecule has 0 amide bonds. The van der Waals surface area contributed by atoms with Crippen molar-refractivity contribution in [1.29, 1.82) is 0 Å². The third kappa shape index (κ3) is 3.18. The highest BCUT2D eigenvalue weighted by Gasteiger charge is 2.51. The van der Waals surface area contributed by atoms with Crippen LogP contribution >= 0.6 is 12.6 Å². The number of rotatable bonds is 3. The number of hydrogen-bond acceptors (Lipinski definition) is 3. The summed E-state index contributed by atoms with van der Waals surface area (Å²) in [5.41, 5.74) is 1.81. The summed E-state index contributed by atoms with van der Waals surface area (Å²) in [7, 11) is -0.271. The molecule has 0 bridgehead atoms. The Kier molecular flexibility index (Phi) is 4.06. The standard InChI is InChI=1S/C15H23BO2S/c1-11(19)10-12-6-8-13(9-7-12)16-17-14(2,3)15(4,5)18-16/h6-9,11,19H,10H2,1-5H3. The van der Waals surface area contributed by atoms with E-state index in [0.29, 0.717) is 5.25 Å². The Bertz CT molecular complexity index is 424. The summed E-state index contributed by atoms with van der Waals surface area (Å²) < 4.78 is 12.1. The van der Waals surface area contributed by atoms with E-state index < -0.39 is 0 Å². The normalized spacial score (nSPS) is 22.5. The fourth-order valence-electron chi connectivity index (χ4n) is 2.13. The van der Waals surface area contributed by atoms with Crippen LogP contribution in [0.15, 0.2) is 24.3 Å². The molecule has 0 aromatic heterocycles. The Balaban J connectivity index is 2.12. The van der Waals surface area contributed by atoms with Crippen LogP contribution in [-0.4, -0.2) is 23.6 Å². The van der Waals surface area contributed by atoms with Crippen LogP contribution in [0.3, 0.4) is 0 Å². The van der Waals surface area contributed by atoms with Gasteiger partial charge in [-0.3, -0.25) is 0 Å². The van der Waals surface area contributed by atoms with Gasteiger partial charge in [-0.2, -0.15) is 12.6 Å². The molecular formula is C15H23BO2S. The highest BCUT2D eigenvalue weighted by atomic mass is 32.1. The summed E-state index contributed by atoms with van der Waals surface area (Å²) >= 11 is 4.42. The minimum absolute atomic E-state index is 0.271. The first-order chi connectivity index (χ1) is 8.71. The fraction of sp³-hybridized carbons (Fsp3) is 0.600. The molecule has 1 saturated heterocycles. The maximum Gasteiger partial charge on any atom is 0.494 e. The van der Waals surface area contributed by atoms with Crippen molar-refractivity contribution < 1.29 is 9.31 Å². The highest BCUT2D eigenvalue weighted by molar-refractivity contribution is 7.80. The molecule has 0 spiro atoms. The van der Waals surface area contributed by atoms with Gasteiger partial charge < -0.3 is 9.31 Å². The molecule has 1 unspecified atom stereocenters. The first-order valence-corrected chi connectivity index (χ1v) is 7.35. The molecule has 4 heteroatoms. The van der Waals surface area contributed by atoms with Gasteiger partial charge in [0.15, 0.2) is 0 Å². The van der Waals surface area contributed by atoms with E-state index in [1.807, 2.05) is 0 Å². The molecule has 2 nitrogen and oxygen atoms in total. The second-order valence-corrected chi connectivity index (χ2v) is 7.26. The molecule has 1 heterocycles. The minimum Gasteiger partial charge on any atom is -0.399 e. The summed E-state index contributed by atoms with van der Waals surface area (Å²) in [6, 6.07) is 8.45. The molecule has 0 aliphatic carbocycles. The topological polar surface area (TPSA) is 18.5 Å².